The number of para-hydroxylation sites is 1. The van der Waals surface area contributed by atoms with Crippen LogP contribution in [0.1, 0.15) is 40.4 Å². The number of nitrogens with zero attached hydrogens (tertiary/aromatic N) is 3. The summed E-state index contributed by atoms with van der Waals surface area (Å²) in [5, 5.41) is 3.82. The number of benzene rings is 1. The molecule has 5 heterocycles. The number of fused-ring (bicyclic) bond motifs is 2. The van der Waals surface area contributed by atoms with Gasteiger partial charge in [-0.05, 0) is 44.8 Å². The third-order valence-corrected chi connectivity index (χ3v) is 6.77. The minimum atomic E-state index is 0.0508. The molecular weight excluding hydrogens is 342 g/mol. The second-order valence-corrected chi connectivity index (χ2v) is 7.96. The number of ether oxygens (including phenoxy) is 1. The van der Waals surface area contributed by atoms with Crippen LogP contribution in [0, 0.1) is 12.8 Å². The fourth-order valence-corrected chi connectivity index (χ4v) is 5.56. The number of amides is 1. The van der Waals surface area contributed by atoms with Crippen molar-refractivity contribution < 1.29 is 14.1 Å². The molecule has 4 aliphatic rings. The molecule has 6 nitrogen and oxygen atoms in total. The lowest BCUT2D eigenvalue weighted by Gasteiger charge is -2.51. The van der Waals surface area contributed by atoms with E-state index in [4.69, 9.17) is 9.26 Å². The Kier molecular flexibility index (Phi) is 3.97. The van der Waals surface area contributed by atoms with Gasteiger partial charge >= 0.3 is 0 Å². The first kappa shape index (κ1) is 16.8. The average molecular weight is 367 g/mol. The maximum atomic E-state index is 13.4. The van der Waals surface area contributed by atoms with Crippen LogP contribution in [-0.2, 0) is 0 Å². The molecule has 0 radical (unpaired) electrons. The largest absolute Gasteiger partial charge is 0.496 e. The zero-order valence-corrected chi connectivity index (χ0v) is 15.8. The van der Waals surface area contributed by atoms with Crippen LogP contribution in [0.25, 0.3) is 0 Å². The number of rotatable bonds is 3. The third-order valence-electron chi connectivity index (χ3n) is 6.77. The van der Waals surface area contributed by atoms with Gasteiger partial charge in [0, 0.05) is 24.1 Å². The molecule has 2 bridgehead atoms. The monoisotopic (exact) mass is 367 g/mol. The first-order valence-corrected chi connectivity index (χ1v) is 9.78. The number of carbonyl (C=O) groups excluding carboxylic acids is 1. The molecule has 0 N–H and O–H groups in total. The van der Waals surface area contributed by atoms with Crippen molar-refractivity contribution in [3.63, 3.8) is 0 Å². The summed E-state index contributed by atoms with van der Waals surface area (Å²) in [5.74, 6) is 2.40. The van der Waals surface area contributed by atoms with Gasteiger partial charge in [0.2, 0.25) is 0 Å². The zero-order valence-electron chi connectivity index (χ0n) is 15.8. The molecule has 6 rings (SSSR count). The molecule has 27 heavy (non-hydrogen) atoms. The summed E-state index contributed by atoms with van der Waals surface area (Å²) in [6.07, 6.45) is 3.91. The third kappa shape index (κ3) is 2.50. The summed E-state index contributed by atoms with van der Waals surface area (Å²) >= 11 is 0. The number of piperidine rings is 3. The van der Waals surface area contributed by atoms with Gasteiger partial charge in [-0.25, -0.2) is 0 Å². The van der Waals surface area contributed by atoms with Crippen LogP contribution in [0.4, 0.5) is 0 Å². The highest BCUT2D eigenvalue weighted by molar-refractivity contribution is 5.95. The quantitative estimate of drug-likeness (QED) is 0.835. The number of aryl methyl sites for hydroxylation is 1. The van der Waals surface area contributed by atoms with Crippen molar-refractivity contribution in [1.82, 2.24) is 15.0 Å². The van der Waals surface area contributed by atoms with Crippen molar-refractivity contribution in [1.29, 1.82) is 0 Å². The Morgan fingerprint density at radius 3 is 2.70 bits per heavy atom. The van der Waals surface area contributed by atoms with E-state index in [0.717, 1.165) is 18.8 Å². The number of hydrogen-bond acceptors (Lipinski definition) is 5. The summed E-state index contributed by atoms with van der Waals surface area (Å²) in [6.45, 7) is 4.78. The molecule has 1 aromatic heterocycles. The maximum Gasteiger partial charge on any atom is 0.259 e. The van der Waals surface area contributed by atoms with Crippen LogP contribution in [0.2, 0.25) is 0 Å². The Bertz CT molecular complexity index is 856. The van der Waals surface area contributed by atoms with Crippen LogP contribution in [0.5, 0.6) is 5.75 Å². The molecular formula is C21H25N3O3. The predicted molar refractivity (Wildman–Crippen MR) is 99.9 cm³/mol. The number of aromatic nitrogens is 1. The number of hydrogen-bond donors (Lipinski definition) is 0. The van der Waals surface area contributed by atoms with Crippen molar-refractivity contribution in [3.05, 3.63) is 47.3 Å². The van der Waals surface area contributed by atoms with Gasteiger partial charge in [0.25, 0.3) is 5.91 Å². The van der Waals surface area contributed by atoms with Crippen molar-refractivity contribution in [2.24, 2.45) is 5.92 Å². The van der Waals surface area contributed by atoms with E-state index in [2.05, 4.69) is 27.1 Å². The van der Waals surface area contributed by atoms with Crippen LogP contribution < -0.4 is 4.74 Å². The predicted octanol–water partition coefficient (Wildman–Crippen LogP) is 2.69. The molecule has 3 atom stereocenters. The van der Waals surface area contributed by atoms with Gasteiger partial charge < -0.3 is 14.2 Å². The lowest BCUT2D eigenvalue weighted by Crippen LogP contribution is -2.60. The molecule has 142 valence electrons. The van der Waals surface area contributed by atoms with E-state index in [9.17, 15) is 4.79 Å². The topological polar surface area (TPSA) is 58.8 Å². The number of carbonyl (C=O) groups is 1. The molecule has 4 fully saturated rings. The molecule has 0 spiro atoms. The lowest BCUT2D eigenvalue weighted by molar-refractivity contribution is -0.00355. The smallest absolute Gasteiger partial charge is 0.259 e. The zero-order chi connectivity index (χ0) is 18.5. The molecule has 1 amide bonds. The molecule has 0 unspecified atom stereocenters. The van der Waals surface area contributed by atoms with E-state index >= 15 is 0 Å². The minimum absolute atomic E-state index is 0.0508. The van der Waals surface area contributed by atoms with Crippen molar-refractivity contribution >= 4 is 5.91 Å². The van der Waals surface area contributed by atoms with Crippen molar-refractivity contribution in [3.8, 4) is 5.75 Å². The fraction of sp³-hybridized carbons (Fsp3) is 0.524. The van der Waals surface area contributed by atoms with E-state index < -0.39 is 0 Å². The second kappa shape index (κ2) is 6.37. The molecule has 4 aliphatic heterocycles. The average Bonchev–Trinajstić information content (AvgIpc) is 3.33. The van der Waals surface area contributed by atoms with Gasteiger partial charge in [-0.2, -0.15) is 0 Å². The van der Waals surface area contributed by atoms with Gasteiger partial charge in [0.05, 0.1) is 19.3 Å². The van der Waals surface area contributed by atoms with Gasteiger partial charge in [-0.3, -0.25) is 9.69 Å². The maximum absolute atomic E-state index is 13.4. The van der Waals surface area contributed by atoms with Gasteiger partial charge in [0.15, 0.2) is 0 Å². The highest BCUT2D eigenvalue weighted by Gasteiger charge is 2.55. The highest BCUT2D eigenvalue weighted by Crippen LogP contribution is 2.48. The van der Waals surface area contributed by atoms with E-state index in [1.165, 1.54) is 18.4 Å². The summed E-state index contributed by atoms with van der Waals surface area (Å²) < 4.78 is 10.8. The van der Waals surface area contributed by atoms with Gasteiger partial charge in [-0.1, -0.05) is 23.4 Å². The van der Waals surface area contributed by atoms with Crippen molar-refractivity contribution in [2.45, 2.75) is 37.8 Å². The minimum Gasteiger partial charge on any atom is -0.496 e. The highest BCUT2D eigenvalue weighted by atomic mass is 16.5. The van der Waals surface area contributed by atoms with Gasteiger partial charge in [0.1, 0.15) is 17.1 Å². The van der Waals surface area contributed by atoms with E-state index in [1.54, 1.807) is 13.3 Å². The Morgan fingerprint density at radius 2 is 2.00 bits per heavy atom. The Balaban J connectivity index is 1.56. The second-order valence-electron chi connectivity index (χ2n) is 7.96. The summed E-state index contributed by atoms with van der Waals surface area (Å²) in [6, 6.07) is 8.86. The normalized spacial score (nSPS) is 31.8. The Labute approximate surface area is 159 Å². The SMILES string of the molecule is COc1ccccc1[C@H]1CN(C(=O)c2cnoc2C)[C@H]2C3CCN(CC3)[C@@H]12. The van der Waals surface area contributed by atoms with Gasteiger partial charge in [-0.15, -0.1) is 0 Å². The molecule has 1 aromatic carbocycles. The van der Waals surface area contributed by atoms with Crippen LogP contribution in [0.3, 0.4) is 0 Å². The molecule has 0 saturated carbocycles. The van der Waals surface area contributed by atoms with E-state index in [-0.39, 0.29) is 17.9 Å². The van der Waals surface area contributed by atoms with Crippen LogP contribution in [-0.4, -0.2) is 59.7 Å². The summed E-state index contributed by atoms with van der Waals surface area (Å²) in [7, 11) is 1.72. The van der Waals surface area contributed by atoms with Crippen molar-refractivity contribution in [2.75, 3.05) is 26.7 Å². The summed E-state index contributed by atoms with van der Waals surface area (Å²) in [5.41, 5.74) is 1.80. The molecule has 4 saturated heterocycles. The van der Waals surface area contributed by atoms with Crippen LogP contribution >= 0.6 is 0 Å². The fourth-order valence-electron chi connectivity index (χ4n) is 5.56. The summed E-state index contributed by atoms with van der Waals surface area (Å²) in [4.78, 5) is 18.1. The number of methoxy groups -OCH3 is 1. The Hall–Kier alpha value is -2.34. The molecule has 6 heteroatoms. The molecule has 2 aromatic rings. The van der Waals surface area contributed by atoms with E-state index in [0.29, 0.717) is 29.8 Å². The first-order valence-electron chi connectivity index (χ1n) is 9.78. The first-order chi connectivity index (χ1) is 13.2. The van der Waals surface area contributed by atoms with E-state index in [1.807, 2.05) is 19.1 Å². The standard InChI is InChI=1S/C21H25N3O3/c1-13-16(11-22-27-13)21(25)24-12-17(15-5-3-4-6-18(15)26-2)20-19(24)14-7-9-23(20)10-8-14/h3-6,11,14,17,19-20H,7-10,12H2,1-2H3/t17-,19+,20+/m1/s1. The number of likely N-dealkylation sites (tertiary alicyclic amines) is 1. The Morgan fingerprint density at radius 1 is 1.22 bits per heavy atom. The lowest BCUT2D eigenvalue weighted by atomic mass is 9.75. The van der Waals surface area contributed by atoms with Crippen LogP contribution in [0.15, 0.2) is 35.0 Å². The molecule has 0 aliphatic carbocycles.